The van der Waals surface area contributed by atoms with Crippen LogP contribution in [0.15, 0.2) is 0 Å². The molecule has 0 atom stereocenters. The van der Waals surface area contributed by atoms with E-state index in [9.17, 15) is 0 Å². The monoisotopic (exact) mass is 428 g/mol. The van der Waals surface area contributed by atoms with Gasteiger partial charge in [0.1, 0.15) is 0 Å². The second kappa shape index (κ2) is 49.5. The molecule has 0 aliphatic heterocycles. The van der Waals surface area contributed by atoms with Crippen LogP contribution in [0.5, 0.6) is 0 Å². The summed E-state index contributed by atoms with van der Waals surface area (Å²) in [5.41, 5.74) is 27.1. The van der Waals surface area contributed by atoms with Crippen LogP contribution in [0.2, 0.25) is 0 Å². The van der Waals surface area contributed by atoms with Crippen molar-refractivity contribution in [2.45, 2.75) is 25.7 Å². The Morgan fingerprint density at radius 2 is 0.609 bits per heavy atom. The minimum atomic E-state index is 0. The van der Waals surface area contributed by atoms with Gasteiger partial charge in [-0.3, -0.25) is 0 Å². The fourth-order valence-electron chi connectivity index (χ4n) is 0.987. The van der Waals surface area contributed by atoms with Crippen LogP contribution in [0.3, 0.4) is 0 Å². The Morgan fingerprint density at radius 3 is 0.739 bits per heavy atom. The Labute approximate surface area is 161 Å². The molecule has 0 radical (unpaired) electrons. The third kappa shape index (κ3) is 60.4. The van der Waals surface area contributed by atoms with E-state index < -0.39 is 0 Å². The van der Waals surface area contributed by atoms with E-state index in [1.54, 1.807) is 0 Å². The van der Waals surface area contributed by atoms with Crippen molar-refractivity contribution in [3.8, 4) is 0 Å². The summed E-state index contributed by atoms with van der Waals surface area (Å²) in [5.74, 6) is 0. The van der Waals surface area contributed by atoms with Gasteiger partial charge in [-0.25, -0.2) is 0 Å². The van der Waals surface area contributed by atoms with Gasteiger partial charge in [-0.1, -0.05) is 25.7 Å². The van der Waals surface area contributed by atoms with Crippen LogP contribution in [0.4, 0.5) is 0 Å². The van der Waals surface area contributed by atoms with Crippen molar-refractivity contribution in [2.24, 2.45) is 0 Å². The summed E-state index contributed by atoms with van der Waals surface area (Å²) in [7, 11) is 0. The molecular formula is C12H34Co2N6O3. The van der Waals surface area contributed by atoms with Gasteiger partial charge in [0, 0.05) is 0 Å². The zero-order valence-electron chi connectivity index (χ0n) is 13.5. The van der Waals surface area contributed by atoms with E-state index in [0.29, 0.717) is 26.2 Å². The van der Waals surface area contributed by atoms with Gasteiger partial charge in [-0.05, 0) is 0 Å². The van der Waals surface area contributed by atoms with E-state index >= 15 is 0 Å². The maximum Gasteiger partial charge on any atom is 3.00 e. The molecule has 9 nitrogen and oxygen atoms in total. The molecule has 10 N–H and O–H groups in total. The van der Waals surface area contributed by atoms with E-state index in [0.717, 1.165) is 51.9 Å². The second-order valence-corrected chi connectivity index (χ2v) is 3.76. The van der Waals surface area contributed by atoms with Gasteiger partial charge in [-0.2, -0.15) is 52.4 Å². The minimum absolute atomic E-state index is 0. The SMILES string of the molecule is O.O.O.[Co+3].[Co+3].[NH-]CCC[N-]CCC[NH-].[NH-]CCC[N-]CCC[NH-]. The number of nitrogens with one attached hydrogen (secondary N) is 4. The predicted octanol–water partition coefficient (Wildman–Crippen LogP) is 2.01. The van der Waals surface area contributed by atoms with E-state index in [4.69, 9.17) is 22.9 Å². The molecule has 0 amide bonds. The van der Waals surface area contributed by atoms with Gasteiger partial charge in [0.05, 0.1) is 0 Å². The molecule has 148 valence electrons. The molecule has 0 fully saturated rings. The molecule has 0 spiro atoms. The Hall–Kier alpha value is 0.653. The summed E-state index contributed by atoms with van der Waals surface area (Å²) >= 11 is 0. The summed E-state index contributed by atoms with van der Waals surface area (Å²) in [6.45, 7) is 5.14. The molecule has 0 aromatic heterocycles. The molecule has 0 saturated heterocycles. The van der Waals surface area contributed by atoms with Crippen molar-refractivity contribution in [3.05, 3.63) is 33.6 Å². The molecule has 0 bridgehead atoms. The average molecular weight is 428 g/mol. The summed E-state index contributed by atoms with van der Waals surface area (Å²) in [6.07, 6.45) is 3.49. The molecule has 0 unspecified atom stereocenters. The molecule has 0 heterocycles. The Balaban J connectivity index is -0.0000000366. The third-order valence-corrected chi connectivity index (χ3v) is 1.97. The van der Waals surface area contributed by atoms with Crippen LogP contribution in [0.1, 0.15) is 25.7 Å². The largest absolute Gasteiger partial charge is 3.00 e. The van der Waals surface area contributed by atoms with Gasteiger partial charge < -0.3 is 50.0 Å². The molecule has 0 aromatic rings. The average Bonchev–Trinajstić information content (AvgIpc) is 2.39. The van der Waals surface area contributed by atoms with Crippen LogP contribution in [0, 0.1) is 0 Å². The Bertz CT molecular complexity index is 119. The van der Waals surface area contributed by atoms with Gasteiger partial charge in [0.15, 0.2) is 0 Å². The van der Waals surface area contributed by atoms with Crippen LogP contribution >= 0.6 is 0 Å². The van der Waals surface area contributed by atoms with Gasteiger partial charge >= 0.3 is 33.6 Å². The predicted molar refractivity (Wildman–Crippen MR) is 92.3 cm³/mol. The molecule has 0 aromatic carbocycles. The second-order valence-electron chi connectivity index (χ2n) is 3.76. The maximum absolute atomic E-state index is 6.79. The first-order chi connectivity index (χ1) is 8.83. The smallest absolute Gasteiger partial charge is 0.677 e. The first-order valence-electron chi connectivity index (χ1n) is 6.68. The van der Waals surface area contributed by atoms with Crippen molar-refractivity contribution in [2.75, 3.05) is 52.4 Å². The Morgan fingerprint density at radius 1 is 0.435 bits per heavy atom. The molecule has 11 heteroatoms. The Kier molecular flexibility index (Phi) is 94.1. The quantitative estimate of drug-likeness (QED) is 0.407. The van der Waals surface area contributed by atoms with E-state index in [-0.39, 0.29) is 50.0 Å². The number of hydrogen-bond donors (Lipinski definition) is 0. The summed E-state index contributed by atoms with van der Waals surface area (Å²) in [5, 5.41) is 8.22. The standard InChI is InChI=1S/2C6H14N3.2Co.3H2O/c2*7-3-1-5-9-6-2-4-8;;;;;/h2*7-8H,1-6H2;;;3*1H2/q2*-3;2*+3;;;. The molecule has 23 heavy (non-hydrogen) atoms. The van der Waals surface area contributed by atoms with E-state index in [2.05, 4.69) is 10.6 Å². The molecule has 0 aliphatic rings. The molecule has 0 saturated carbocycles. The first-order valence-corrected chi connectivity index (χ1v) is 6.68. The number of nitrogens with zero attached hydrogens (tertiary/aromatic N) is 2. The topological polar surface area (TPSA) is 218 Å². The fraction of sp³-hybridized carbons (Fsp3) is 1.00. The van der Waals surface area contributed by atoms with Gasteiger partial charge in [0.2, 0.25) is 0 Å². The van der Waals surface area contributed by atoms with Gasteiger partial charge in [0.25, 0.3) is 0 Å². The van der Waals surface area contributed by atoms with Crippen molar-refractivity contribution >= 4 is 0 Å². The van der Waals surface area contributed by atoms with Crippen molar-refractivity contribution in [1.29, 1.82) is 0 Å². The number of hydrogen-bond acceptors (Lipinski definition) is 0. The number of rotatable bonds is 12. The zero-order valence-corrected chi connectivity index (χ0v) is 15.6. The maximum atomic E-state index is 6.79. The van der Waals surface area contributed by atoms with E-state index in [1.807, 2.05) is 0 Å². The summed E-state index contributed by atoms with van der Waals surface area (Å²) < 4.78 is 0. The van der Waals surface area contributed by atoms with E-state index in [1.165, 1.54) is 0 Å². The van der Waals surface area contributed by atoms with Crippen molar-refractivity contribution in [3.63, 3.8) is 0 Å². The van der Waals surface area contributed by atoms with Crippen LogP contribution in [-0.2, 0) is 33.6 Å². The van der Waals surface area contributed by atoms with Crippen LogP contribution in [-0.4, -0.2) is 68.8 Å². The zero-order chi connectivity index (χ0) is 13.9. The van der Waals surface area contributed by atoms with Crippen LogP contribution in [0.25, 0.3) is 33.6 Å². The van der Waals surface area contributed by atoms with Gasteiger partial charge in [-0.15, -0.1) is 0 Å². The van der Waals surface area contributed by atoms with Crippen molar-refractivity contribution < 1.29 is 50.0 Å². The van der Waals surface area contributed by atoms with Crippen LogP contribution < -0.4 is 0 Å². The molecular weight excluding hydrogens is 394 g/mol. The molecule has 0 rings (SSSR count). The normalized spacial score (nSPS) is 7.83. The van der Waals surface area contributed by atoms with Crippen molar-refractivity contribution in [1.82, 2.24) is 0 Å². The fourth-order valence-corrected chi connectivity index (χ4v) is 0.987. The summed E-state index contributed by atoms with van der Waals surface area (Å²) in [4.78, 5) is 0. The minimum Gasteiger partial charge on any atom is -0.677 e. The summed E-state index contributed by atoms with van der Waals surface area (Å²) in [6, 6.07) is 0. The first kappa shape index (κ1) is 43.8. The third-order valence-electron chi connectivity index (χ3n) is 1.97. The molecule has 0 aliphatic carbocycles.